The van der Waals surface area contributed by atoms with Crippen LogP contribution < -0.4 is 5.73 Å². The van der Waals surface area contributed by atoms with Crippen molar-refractivity contribution in [2.24, 2.45) is 0 Å². The minimum atomic E-state index is 0.445. The van der Waals surface area contributed by atoms with E-state index in [1.54, 1.807) is 0 Å². The van der Waals surface area contributed by atoms with Crippen molar-refractivity contribution in [2.45, 2.75) is 6.54 Å². The Morgan fingerprint density at radius 1 is 1.41 bits per heavy atom. The lowest BCUT2D eigenvalue weighted by molar-refractivity contribution is 0.365. The Bertz CT molecular complexity index is 524. The molecule has 0 aliphatic rings. The Kier molecular flexibility index (Phi) is 3.44. The van der Waals surface area contributed by atoms with E-state index in [0.29, 0.717) is 23.9 Å². The topological polar surface area (TPSA) is 68.2 Å². The molecule has 2 rings (SSSR count). The highest BCUT2D eigenvalue weighted by Crippen LogP contribution is 2.30. The van der Waals surface area contributed by atoms with Crippen LogP contribution in [-0.4, -0.2) is 29.1 Å². The van der Waals surface area contributed by atoms with Gasteiger partial charge in [-0.05, 0) is 42.2 Å². The zero-order valence-corrected chi connectivity index (χ0v) is 11.2. The van der Waals surface area contributed by atoms with E-state index in [9.17, 15) is 0 Å². The monoisotopic (exact) mass is 296 g/mol. The van der Waals surface area contributed by atoms with Crippen molar-refractivity contribution >= 4 is 21.6 Å². The van der Waals surface area contributed by atoms with Gasteiger partial charge in [0.2, 0.25) is 0 Å². The SMILES string of the molecule is CN(C)Cc1noc(-c2cccc(Br)c2N)n1. The lowest BCUT2D eigenvalue weighted by Crippen LogP contribution is -2.11. The van der Waals surface area contributed by atoms with E-state index in [1.165, 1.54) is 0 Å². The van der Waals surface area contributed by atoms with Crippen LogP contribution in [0.3, 0.4) is 0 Å². The van der Waals surface area contributed by atoms with Crippen LogP contribution in [0.15, 0.2) is 27.2 Å². The number of nitrogen functional groups attached to an aromatic ring is 1. The van der Waals surface area contributed by atoms with Gasteiger partial charge in [-0.3, -0.25) is 0 Å². The summed E-state index contributed by atoms with van der Waals surface area (Å²) < 4.78 is 6.02. The smallest absolute Gasteiger partial charge is 0.260 e. The van der Waals surface area contributed by atoms with E-state index >= 15 is 0 Å². The van der Waals surface area contributed by atoms with Gasteiger partial charge in [0, 0.05) is 4.47 Å². The molecular weight excluding hydrogens is 284 g/mol. The van der Waals surface area contributed by atoms with Crippen LogP contribution in [0.5, 0.6) is 0 Å². The molecule has 6 heteroatoms. The van der Waals surface area contributed by atoms with Crippen molar-refractivity contribution in [3.05, 3.63) is 28.5 Å². The van der Waals surface area contributed by atoms with Crippen LogP contribution >= 0.6 is 15.9 Å². The largest absolute Gasteiger partial charge is 0.397 e. The second-order valence-electron chi connectivity index (χ2n) is 3.95. The summed E-state index contributed by atoms with van der Waals surface area (Å²) in [6, 6.07) is 5.61. The van der Waals surface area contributed by atoms with Gasteiger partial charge in [0.1, 0.15) is 0 Å². The lowest BCUT2D eigenvalue weighted by atomic mass is 10.2. The summed E-state index contributed by atoms with van der Waals surface area (Å²) in [6.07, 6.45) is 0. The number of aromatic nitrogens is 2. The van der Waals surface area contributed by atoms with Crippen molar-refractivity contribution in [3.63, 3.8) is 0 Å². The van der Waals surface area contributed by atoms with Gasteiger partial charge in [0.15, 0.2) is 5.82 Å². The number of nitrogens with two attached hydrogens (primary N) is 1. The van der Waals surface area contributed by atoms with Crippen LogP contribution in [-0.2, 0) is 6.54 Å². The second kappa shape index (κ2) is 4.85. The second-order valence-corrected chi connectivity index (χ2v) is 4.81. The third-order valence-electron chi connectivity index (χ3n) is 2.21. The van der Waals surface area contributed by atoms with E-state index in [4.69, 9.17) is 10.3 Å². The quantitative estimate of drug-likeness (QED) is 0.879. The van der Waals surface area contributed by atoms with E-state index in [0.717, 1.165) is 10.0 Å². The van der Waals surface area contributed by atoms with Crippen molar-refractivity contribution in [1.29, 1.82) is 0 Å². The first-order chi connectivity index (χ1) is 8.08. The molecule has 0 aliphatic carbocycles. The van der Waals surface area contributed by atoms with Gasteiger partial charge in [-0.15, -0.1) is 0 Å². The number of hydrogen-bond acceptors (Lipinski definition) is 5. The minimum absolute atomic E-state index is 0.445. The molecule has 0 aliphatic heterocycles. The van der Waals surface area contributed by atoms with Gasteiger partial charge >= 0.3 is 0 Å². The van der Waals surface area contributed by atoms with Crippen molar-refractivity contribution in [2.75, 3.05) is 19.8 Å². The fourth-order valence-electron chi connectivity index (χ4n) is 1.43. The first-order valence-electron chi connectivity index (χ1n) is 5.09. The molecule has 90 valence electrons. The normalized spacial score (nSPS) is 11.1. The zero-order chi connectivity index (χ0) is 12.4. The summed E-state index contributed by atoms with van der Waals surface area (Å²) in [6.45, 7) is 0.636. The molecule has 2 aromatic rings. The predicted octanol–water partition coefficient (Wildman–Crippen LogP) is 2.14. The maximum atomic E-state index is 5.94. The highest BCUT2D eigenvalue weighted by molar-refractivity contribution is 9.10. The van der Waals surface area contributed by atoms with Crippen molar-refractivity contribution in [3.8, 4) is 11.5 Å². The summed E-state index contributed by atoms with van der Waals surface area (Å²) in [5.74, 6) is 1.09. The molecule has 0 spiro atoms. The summed E-state index contributed by atoms with van der Waals surface area (Å²) >= 11 is 3.37. The van der Waals surface area contributed by atoms with E-state index < -0.39 is 0 Å². The van der Waals surface area contributed by atoms with Gasteiger partial charge in [-0.2, -0.15) is 4.98 Å². The number of benzene rings is 1. The molecule has 0 unspecified atom stereocenters. The molecule has 0 amide bonds. The van der Waals surface area contributed by atoms with Gasteiger partial charge in [0.05, 0.1) is 17.8 Å². The average molecular weight is 297 g/mol. The predicted molar refractivity (Wildman–Crippen MR) is 69.2 cm³/mol. The molecule has 0 saturated carbocycles. The van der Waals surface area contributed by atoms with Gasteiger partial charge in [0.25, 0.3) is 5.89 Å². The fraction of sp³-hybridized carbons (Fsp3) is 0.273. The maximum Gasteiger partial charge on any atom is 0.260 e. The fourth-order valence-corrected chi connectivity index (χ4v) is 1.80. The van der Waals surface area contributed by atoms with E-state index in [2.05, 4.69) is 26.1 Å². The molecule has 1 aromatic carbocycles. The van der Waals surface area contributed by atoms with Crippen LogP contribution in [0.25, 0.3) is 11.5 Å². The third kappa shape index (κ3) is 2.65. The Morgan fingerprint density at radius 3 is 2.88 bits per heavy atom. The molecule has 0 fully saturated rings. The van der Waals surface area contributed by atoms with Gasteiger partial charge in [-0.1, -0.05) is 11.2 Å². The van der Waals surface area contributed by atoms with Crippen LogP contribution in [0.4, 0.5) is 5.69 Å². The zero-order valence-electron chi connectivity index (χ0n) is 9.64. The average Bonchev–Trinajstić information content (AvgIpc) is 2.69. The Balaban J connectivity index is 2.34. The number of halogens is 1. The molecule has 17 heavy (non-hydrogen) atoms. The van der Waals surface area contributed by atoms with Gasteiger partial charge < -0.3 is 15.2 Å². The number of hydrogen-bond donors (Lipinski definition) is 1. The van der Waals surface area contributed by atoms with Crippen LogP contribution in [0, 0.1) is 0 Å². The standard InChI is InChI=1S/C11H13BrN4O/c1-16(2)6-9-14-11(17-15-9)7-4-3-5-8(12)10(7)13/h3-5H,6,13H2,1-2H3. The molecular formula is C11H13BrN4O. The Labute approximate surface area is 108 Å². The minimum Gasteiger partial charge on any atom is -0.397 e. The third-order valence-corrected chi connectivity index (χ3v) is 2.90. The van der Waals surface area contributed by atoms with Gasteiger partial charge in [-0.25, -0.2) is 0 Å². The molecule has 0 radical (unpaired) electrons. The molecule has 1 heterocycles. The first kappa shape index (κ1) is 12.1. The molecule has 2 N–H and O–H groups in total. The van der Waals surface area contributed by atoms with E-state index in [-0.39, 0.29) is 0 Å². The highest BCUT2D eigenvalue weighted by atomic mass is 79.9. The van der Waals surface area contributed by atoms with E-state index in [1.807, 2.05) is 37.2 Å². The summed E-state index contributed by atoms with van der Waals surface area (Å²) in [7, 11) is 3.90. The number of para-hydroxylation sites is 1. The number of rotatable bonds is 3. The Hall–Kier alpha value is -1.40. The maximum absolute atomic E-state index is 5.94. The molecule has 5 nitrogen and oxygen atoms in total. The highest BCUT2D eigenvalue weighted by Gasteiger charge is 2.13. The summed E-state index contributed by atoms with van der Waals surface area (Å²) in [5.41, 5.74) is 7.29. The lowest BCUT2D eigenvalue weighted by Gasteiger charge is -2.03. The molecule has 0 atom stereocenters. The van der Waals surface area contributed by atoms with Crippen LogP contribution in [0.1, 0.15) is 5.82 Å². The first-order valence-corrected chi connectivity index (χ1v) is 5.89. The summed E-state index contributed by atoms with van der Waals surface area (Å²) in [5, 5.41) is 3.90. The van der Waals surface area contributed by atoms with Crippen LogP contribution in [0.2, 0.25) is 0 Å². The number of nitrogens with zero attached hydrogens (tertiary/aromatic N) is 3. The number of anilines is 1. The summed E-state index contributed by atoms with van der Waals surface area (Å²) in [4.78, 5) is 6.27. The molecule has 0 bridgehead atoms. The molecule has 1 aromatic heterocycles. The Morgan fingerprint density at radius 2 is 2.18 bits per heavy atom. The molecule has 0 saturated heterocycles. The van der Waals surface area contributed by atoms with Crippen molar-refractivity contribution < 1.29 is 4.52 Å². The van der Waals surface area contributed by atoms with Crippen molar-refractivity contribution in [1.82, 2.24) is 15.0 Å².